The molecule has 5 heteroatoms. The van der Waals surface area contributed by atoms with Gasteiger partial charge < -0.3 is 15.0 Å². The number of rotatable bonds is 3. The van der Waals surface area contributed by atoms with Crippen molar-refractivity contribution < 1.29 is 9.53 Å². The quantitative estimate of drug-likeness (QED) is 0.920. The van der Waals surface area contributed by atoms with E-state index in [2.05, 4.69) is 17.2 Å². The predicted octanol–water partition coefficient (Wildman–Crippen LogP) is 2.10. The molecular formula is C15H23N3O2. The fourth-order valence-corrected chi connectivity index (χ4v) is 2.33. The number of nitrogens with one attached hydrogen (secondary N) is 1. The fraction of sp³-hybridized carbons (Fsp3) is 0.600. The van der Waals surface area contributed by atoms with Crippen molar-refractivity contribution in [3.8, 4) is 0 Å². The smallest absolute Gasteiger partial charge is 0.317 e. The highest BCUT2D eigenvalue weighted by Gasteiger charge is 2.27. The van der Waals surface area contributed by atoms with E-state index in [1.54, 1.807) is 6.20 Å². The van der Waals surface area contributed by atoms with Gasteiger partial charge >= 0.3 is 6.03 Å². The molecule has 2 atom stereocenters. The van der Waals surface area contributed by atoms with Crippen molar-refractivity contribution in [2.75, 3.05) is 13.1 Å². The highest BCUT2D eigenvalue weighted by atomic mass is 16.5. The van der Waals surface area contributed by atoms with Crippen LogP contribution in [-0.2, 0) is 11.3 Å². The van der Waals surface area contributed by atoms with Gasteiger partial charge in [0.15, 0.2) is 0 Å². The largest absolute Gasteiger partial charge is 0.372 e. The number of nitrogens with zero attached hydrogens (tertiary/aromatic N) is 2. The summed E-state index contributed by atoms with van der Waals surface area (Å²) in [6.45, 7) is 7.85. The molecule has 110 valence electrons. The average Bonchev–Trinajstić information content (AvgIpc) is 2.45. The maximum Gasteiger partial charge on any atom is 0.317 e. The molecule has 1 fully saturated rings. The third-order valence-electron chi connectivity index (χ3n) is 3.49. The number of amides is 2. The molecule has 2 heterocycles. The second-order valence-corrected chi connectivity index (χ2v) is 5.35. The minimum atomic E-state index is -0.0285. The van der Waals surface area contributed by atoms with Crippen LogP contribution < -0.4 is 5.32 Å². The van der Waals surface area contributed by atoms with Gasteiger partial charge in [0.25, 0.3) is 0 Å². The van der Waals surface area contributed by atoms with E-state index in [9.17, 15) is 4.79 Å². The first-order chi connectivity index (χ1) is 9.58. The van der Waals surface area contributed by atoms with Crippen LogP contribution in [-0.4, -0.2) is 41.2 Å². The van der Waals surface area contributed by atoms with Crippen molar-refractivity contribution >= 4 is 6.03 Å². The van der Waals surface area contributed by atoms with Crippen LogP contribution in [0, 0.1) is 6.92 Å². The van der Waals surface area contributed by atoms with Crippen LogP contribution in [0.5, 0.6) is 0 Å². The summed E-state index contributed by atoms with van der Waals surface area (Å²) in [5.74, 6) is 0. The number of carbonyl (C=O) groups is 1. The van der Waals surface area contributed by atoms with E-state index >= 15 is 0 Å². The highest BCUT2D eigenvalue weighted by Crippen LogP contribution is 2.13. The van der Waals surface area contributed by atoms with Crippen molar-refractivity contribution in [2.45, 2.75) is 45.9 Å². The molecule has 0 bridgehead atoms. The van der Waals surface area contributed by atoms with E-state index in [1.165, 1.54) is 0 Å². The number of aryl methyl sites for hydroxylation is 1. The van der Waals surface area contributed by atoms with E-state index in [-0.39, 0.29) is 18.2 Å². The number of hydrogen-bond donors (Lipinski definition) is 1. The van der Waals surface area contributed by atoms with Crippen LogP contribution in [0.25, 0.3) is 0 Å². The maximum absolute atomic E-state index is 12.2. The lowest BCUT2D eigenvalue weighted by Gasteiger charge is -2.36. The first kappa shape index (κ1) is 14.8. The van der Waals surface area contributed by atoms with Gasteiger partial charge in [0.1, 0.15) is 0 Å². The Hall–Kier alpha value is -1.62. The Morgan fingerprint density at radius 3 is 2.95 bits per heavy atom. The standard InChI is InChI=1S/C15H23N3O2/c1-4-14-10-18(9-12(3)20-14)15(19)17-8-13-6-5-11(2)16-7-13/h5-7,12,14H,4,8-10H2,1-3H3,(H,17,19). The molecule has 1 N–H and O–H groups in total. The van der Waals surface area contributed by atoms with Crippen molar-refractivity contribution in [3.63, 3.8) is 0 Å². The lowest BCUT2D eigenvalue weighted by molar-refractivity contribution is -0.0646. The zero-order chi connectivity index (χ0) is 14.5. The third kappa shape index (κ3) is 3.93. The molecule has 2 rings (SSSR count). The van der Waals surface area contributed by atoms with Gasteiger partial charge in [-0.05, 0) is 31.9 Å². The van der Waals surface area contributed by atoms with E-state index in [0.29, 0.717) is 19.6 Å². The Morgan fingerprint density at radius 2 is 2.30 bits per heavy atom. The lowest BCUT2D eigenvalue weighted by atomic mass is 10.2. The van der Waals surface area contributed by atoms with E-state index < -0.39 is 0 Å². The monoisotopic (exact) mass is 277 g/mol. The fourth-order valence-electron chi connectivity index (χ4n) is 2.33. The third-order valence-corrected chi connectivity index (χ3v) is 3.49. The van der Waals surface area contributed by atoms with Crippen LogP contribution >= 0.6 is 0 Å². The first-order valence-corrected chi connectivity index (χ1v) is 7.18. The molecule has 0 radical (unpaired) electrons. The highest BCUT2D eigenvalue weighted by molar-refractivity contribution is 5.74. The normalized spacial score (nSPS) is 22.6. The molecule has 1 aliphatic heterocycles. The molecule has 1 aliphatic rings. The van der Waals surface area contributed by atoms with Crippen LogP contribution in [0.2, 0.25) is 0 Å². The van der Waals surface area contributed by atoms with Gasteiger partial charge in [-0.1, -0.05) is 13.0 Å². The number of hydrogen-bond acceptors (Lipinski definition) is 3. The minimum Gasteiger partial charge on any atom is -0.372 e. The van der Waals surface area contributed by atoms with Crippen LogP contribution in [0.1, 0.15) is 31.5 Å². The minimum absolute atomic E-state index is 0.0285. The molecule has 1 saturated heterocycles. The summed E-state index contributed by atoms with van der Waals surface area (Å²) in [6, 6.07) is 3.91. The number of carbonyl (C=O) groups excluding carboxylic acids is 1. The first-order valence-electron chi connectivity index (χ1n) is 7.18. The van der Waals surface area contributed by atoms with Gasteiger partial charge in [-0.15, -0.1) is 0 Å². The molecule has 0 saturated carbocycles. The van der Waals surface area contributed by atoms with Crippen molar-refractivity contribution in [1.29, 1.82) is 0 Å². The number of urea groups is 1. The lowest BCUT2D eigenvalue weighted by Crippen LogP contribution is -2.52. The summed E-state index contributed by atoms with van der Waals surface area (Å²) in [5, 5.41) is 2.94. The molecule has 20 heavy (non-hydrogen) atoms. The Labute approximate surface area is 120 Å². The van der Waals surface area contributed by atoms with E-state index in [0.717, 1.165) is 17.7 Å². The molecule has 0 aromatic carbocycles. The summed E-state index contributed by atoms with van der Waals surface area (Å²) in [7, 11) is 0. The Kier molecular flexibility index (Phi) is 4.95. The number of morpholine rings is 1. The summed E-state index contributed by atoms with van der Waals surface area (Å²) in [5.41, 5.74) is 1.99. The topological polar surface area (TPSA) is 54.5 Å². The molecular weight excluding hydrogens is 254 g/mol. The molecule has 5 nitrogen and oxygen atoms in total. The number of ether oxygens (including phenoxy) is 1. The molecule has 2 unspecified atom stereocenters. The second kappa shape index (κ2) is 6.70. The van der Waals surface area contributed by atoms with Gasteiger partial charge in [-0.3, -0.25) is 4.98 Å². The van der Waals surface area contributed by atoms with Gasteiger partial charge in [0, 0.05) is 31.5 Å². The molecule has 1 aromatic rings. The summed E-state index contributed by atoms with van der Waals surface area (Å²) >= 11 is 0. The molecule has 2 amide bonds. The molecule has 0 spiro atoms. The predicted molar refractivity (Wildman–Crippen MR) is 77.4 cm³/mol. The van der Waals surface area contributed by atoms with Crippen LogP contribution in [0.4, 0.5) is 4.79 Å². The van der Waals surface area contributed by atoms with E-state index in [1.807, 2.05) is 30.9 Å². The van der Waals surface area contributed by atoms with Gasteiger partial charge in [0.2, 0.25) is 0 Å². The van der Waals surface area contributed by atoms with E-state index in [4.69, 9.17) is 4.74 Å². The molecule has 0 aliphatic carbocycles. The summed E-state index contributed by atoms with van der Waals surface area (Å²) in [4.78, 5) is 18.2. The number of aromatic nitrogens is 1. The van der Waals surface area contributed by atoms with Crippen LogP contribution in [0.15, 0.2) is 18.3 Å². The van der Waals surface area contributed by atoms with Crippen molar-refractivity contribution in [1.82, 2.24) is 15.2 Å². The maximum atomic E-state index is 12.2. The summed E-state index contributed by atoms with van der Waals surface area (Å²) in [6.07, 6.45) is 2.97. The van der Waals surface area contributed by atoms with Gasteiger partial charge in [-0.2, -0.15) is 0 Å². The average molecular weight is 277 g/mol. The zero-order valence-electron chi connectivity index (χ0n) is 12.4. The molecule has 1 aromatic heterocycles. The SMILES string of the molecule is CCC1CN(C(=O)NCc2ccc(C)nc2)CC(C)O1. The summed E-state index contributed by atoms with van der Waals surface area (Å²) < 4.78 is 5.76. The number of pyridine rings is 1. The van der Waals surface area contributed by atoms with Crippen molar-refractivity contribution in [3.05, 3.63) is 29.6 Å². The van der Waals surface area contributed by atoms with Gasteiger partial charge in [0.05, 0.1) is 12.2 Å². The second-order valence-electron chi connectivity index (χ2n) is 5.35. The Bertz CT molecular complexity index is 447. The zero-order valence-corrected chi connectivity index (χ0v) is 12.4. The Balaban J connectivity index is 1.86. The van der Waals surface area contributed by atoms with Crippen LogP contribution in [0.3, 0.4) is 0 Å². The van der Waals surface area contributed by atoms with Crippen molar-refractivity contribution in [2.24, 2.45) is 0 Å². The Morgan fingerprint density at radius 1 is 1.50 bits per heavy atom. The van der Waals surface area contributed by atoms with Gasteiger partial charge in [-0.25, -0.2) is 4.79 Å².